The Kier molecular flexibility index (Phi) is 6.47. The number of amides is 1. The number of carbonyl (C=O) groups is 1. The number of anilines is 2. The number of aryl methyl sites for hydroxylation is 2. The number of rotatable bonds is 6. The Bertz CT molecular complexity index is 1010. The van der Waals surface area contributed by atoms with Crippen molar-refractivity contribution < 1.29 is 9.32 Å². The molecule has 0 aliphatic carbocycles. The van der Waals surface area contributed by atoms with Gasteiger partial charge in [-0.3, -0.25) is 4.79 Å². The lowest BCUT2D eigenvalue weighted by Crippen LogP contribution is -2.29. The molecule has 0 bridgehead atoms. The molecule has 1 aliphatic heterocycles. The molecule has 4 rings (SSSR count). The quantitative estimate of drug-likeness (QED) is 0.526. The molecule has 0 radical (unpaired) electrons. The SMILES string of the molecule is Cc1cc(NC(=O)CCc2nc(-c3ccc(N4CCCCC4)cc3)no2)ccc1Br. The second-order valence-corrected chi connectivity index (χ2v) is 8.47. The largest absolute Gasteiger partial charge is 0.372 e. The average Bonchev–Trinajstić information content (AvgIpc) is 3.25. The Hall–Kier alpha value is -2.67. The van der Waals surface area contributed by atoms with Crippen molar-refractivity contribution in [2.45, 2.75) is 39.0 Å². The summed E-state index contributed by atoms with van der Waals surface area (Å²) in [5.74, 6) is 0.939. The van der Waals surface area contributed by atoms with Crippen molar-refractivity contribution in [2.75, 3.05) is 23.3 Å². The minimum atomic E-state index is -0.0812. The Morgan fingerprint density at radius 3 is 2.63 bits per heavy atom. The van der Waals surface area contributed by atoms with E-state index in [2.05, 4.69) is 48.4 Å². The molecule has 7 heteroatoms. The molecule has 1 amide bonds. The van der Waals surface area contributed by atoms with E-state index in [0.717, 1.165) is 34.4 Å². The molecule has 2 heterocycles. The highest BCUT2D eigenvalue weighted by molar-refractivity contribution is 9.10. The van der Waals surface area contributed by atoms with Gasteiger partial charge in [-0.25, -0.2) is 0 Å². The van der Waals surface area contributed by atoms with Crippen LogP contribution in [0, 0.1) is 6.92 Å². The summed E-state index contributed by atoms with van der Waals surface area (Å²) in [4.78, 5) is 19.1. The normalized spacial score (nSPS) is 14.0. The van der Waals surface area contributed by atoms with Gasteiger partial charge in [-0.15, -0.1) is 0 Å². The minimum Gasteiger partial charge on any atom is -0.372 e. The van der Waals surface area contributed by atoms with E-state index in [1.807, 2.05) is 37.3 Å². The molecule has 2 aromatic carbocycles. The summed E-state index contributed by atoms with van der Waals surface area (Å²) in [7, 11) is 0. The lowest BCUT2D eigenvalue weighted by Gasteiger charge is -2.28. The fourth-order valence-electron chi connectivity index (χ4n) is 3.61. The Morgan fingerprint density at radius 2 is 1.90 bits per heavy atom. The first-order valence-corrected chi connectivity index (χ1v) is 11.1. The molecule has 1 N–H and O–H groups in total. The van der Waals surface area contributed by atoms with Crippen LogP contribution >= 0.6 is 15.9 Å². The van der Waals surface area contributed by atoms with Gasteiger partial charge in [0.25, 0.3) is 0 Å². The molecular formula is C23H25BrN4O2. The summed E-state index contributed by atoms with van der Waals surface area (Å²) in [5.41, 5.74) is 4.00. The van der Waals surface area contributed by atoms with Gasteiger partial charge in [-0.05, 0) is 74.2 Å². The molecule has 1 aromatic heterocycles. The summed E-state index contributed by atoms with van der Waals surface area (Å²) in [5, 5.41) is 6.98. The van der Waals surface area contributed by atoms with Crippen LogP contribution in [0.4, 0.5) is 11.4 Å². The predicted molar refractivity (Wildman–Crippen MR) is 122 cm³/mol. The number of benzene rings is 2. The summed E-state index contributed by atoms with van der Waals surface area (Å²) < 4.78 is 6.36. The maximum Gasteiger partial charge on any atom is 0.227 e. The van der Waals surface area contributed by atoms with Crippen molar-refractivity contribution in [1.82, 2.24) is 10.1 Å². The first kappa shape index (κ1) is 20.6. The van der Waals surface area contributed by atoms with Crippen LogP contribution in [-0.4, -0.2) is 29.1 Å². The van der Waals surface area contributed by atoms with Gasteiger partial charge in [0.15, 0.2) is 0 Å². The zero-order valence-electron chi connectivity index (χ0n) is 17.0. The molecule has 1 saturated heterocycles. The van der Waals surface area contributed by atoms with Crippen LogP contribution in [0.15, 0.2) is 51.5 Å². The molecule has 0 unspecified atom stereocenters. The predicted octanol–water partition coefficient (Wildman–Crippen LogP) is 5.37. The fraction of sp³-hybridized carbons (Fsp3) is 0.348. The third kappa shape index (κ3) is 5.08. The summed E-state index contributed by atoms with van der Waals surface area (Å²) in [6.45, 7) is 4.22. The molecule has 0 spiro atoms. The van der Waals surface area contributed by atoms with Gasteiger partial charge >= 0.3 is 0 Å². The lowest BCUT2D eigenvalue weighted by atomic mass is 10.1. The Labute approximate surface area is 184 Å². The number of hydrogen-bond acceptors (Lipinski definition) is 5. The molecule has 1 fully saturated rings. The molecule has 0 saturated carbocycles. The maximum absolute atomic E-state index is 12.2. The number of aromatic nitrogens is 2. The van der Waals surface area contributed by atoms with Crippen LogP contribution in [-0.2, 0) is 11.2 Å². The van der Waals surface area contributed by atoms with Crippen molar-refractivity contribution in [2.24, 2.45) is 0 Å². The van der Waals surface area contributed by atoms with Crippen LogP contribution in [0.3, 0.4) is 0 Å². The first-order valence-electron chi connectivity index (χ1n) is 10.3. The van der Waals surface area contributed by atoms with Gasteiger partial charge in [0.05, 0.1) is 0 Å². The molecule has 156 valence electrons. The van der Waals surface area contributed by atoms with Crippen molar-refractivity contribution in [1.29, 1.82) is 0 Å². The monoisotopic (exact) mass is 468 g/mol. The molecule has 3 aromatic rings. The summed E-state index contributed by atoms with van der Waals surface area (Å²) >= 11 is 3.46. The number of carbonyl (C=O) groups excluding carboxylic acids is 1. The van der Waals surface area contributed by atoms with E-state index in [1.165, 1.54) is 24.9 Å². The van der Waals surface area contributed by atoms with Gasteiger partial charge in [-0.1, -0.05) is 21.1 Å². The maximum atomic E-state index is 12.2. The zero-order chi connectivity index (χ0) is 20.9. The van der Waals surface area contributed by atoms with Crippen molar-refractivity contribution in [3.05, 3.63) is 58.4 Å². The van der Waals surface area contributed by atoms with Crippen molar-refractivity contribution >= 4 is 33.2 Å². The van der Waals surface area contributed by atoms with Gasteiger partial charge in [0.1, 0.15) is 0 Å². The second-order valence-electron chi connectivity index (χ2n) is 7.62. The number of halogens is 1. The fourth-order valence-corrected chi connectivity index (χ4v) is 3.86. The number of nitrogens with one attached hydrogen (secondary N) is 1. The highest BCUT2D eigenvalue weighted by Gasteiger charge is 2.14. The van der Waals surface area contributed by atoms with Gasteiger partial charge in [-0.2, -0.15) is 4.98 Å². The van der Waals surface area contributed by atoms with E-state index in [0.29, 0.717) is 18.1 Å². The second kappa shape index (κ2) is 9.43. The number of nitrogens with zero attached hydrogens (tertiary/aromatic N) is 3. The number of hydrogen-bond donors (Lipinski definition) is 1. The third-order valence-electron chi connectivity index (χ3n) is 5.32. The smallest absolute Gasteiger partial charge is 0.227 e. The Balaban J connectivity index is 1.32. The van der Waals surface area contributed by atoms with Crippen LogP contribution in [0.5, 0.6) is 0 Å². The molecular weight excluding hydrogens is 444 g/mol. The standard InChI is InChI=1S/C23H25BrN4O2/c1-16-15-18(7-10-20(16)24)25-21(29)11-12-22-26-23(27-30-22)17-5-8-19(9-6-17)28-13-3-2-4-14-28/h5-10,15H,2-4,11-14H2,1H3,(H,25,29). The van der Waals surface area contributed by atoms with E-state index in [4.69, 9.17) is 4.52 Å². The molecule has 1 aliphatic rings. The number of piperidine rings is 1. The van der Waals surface area contributed by atoms with E-state index in [1.54, 1.807) is 0 Å². The van der Waals surface area contributed by atoms with E-state index >= 15 is 0 Å². The van der Waals surface area contributed by atoms with Crippen molar-refractivity contribution in [3.63, 3.8) is 0 Å². The minimum absolute atomic E-state index is 0.0812. The zero-order valence-corrected chi connectivity index (χ0v) is 18.6. The highest BCUT2D eigenvalue weighted by Crippen LogP contribution is 2.24. The van der Waals surface area contributed by atoms with E-state index in [9.17, 15) is 4.79 Å². The van der Waals surface area contributed by atoms with Gasteiger partial charge in [0, 0.05) is 47.3 Å². The van der Waals surface area contributed by atoms with E-state index < -0.39 is 0 Å². The van der Waals surface area contributed by atoms with Crippen LogP contribution in [0.2, 0.25) is 0 Å². The van der Waals surface area contributed by atoms with Gasteiger partial charge in [0.2, 0.25) is 17.6 Å². The van der Waals surface area contributed by atoms with Crippen LogP contribution < -0.4 is 10.2 Å². The average molecular weight is 469 g/mol. The third-order valence-corrected chi connectivity index (χ3v) is 6.21. The molecule has 0 atom stereocenters. The van der Waals surface area contributed by atoms with Crippen LogP contribution in [0.25, 0.3) is 11.4 Å². The van der Waals surface area contributed by atoms with E-state index in [-0.39, 0.29) is 12.3 Å². The molecule has 30 heavy (non-hydrogen) atoms. The van der Waals surface area contributed by atoms with Crippen LogP contribution in [0.1, 0.15) is 37.1 Å². The highest BCUT2D eigenvalue weighted by atomic mass is 79.9. The van der Waals surface area contributed by atoms with Gasteiger partial charge < -0.3 is 14.7 Å². The first-order chi connectivity index (χ1) is 14.6. The Morgan fingerprint density at radius 1 is 1.13 bits per heavy atom. The topological polar surface area (TPSA) is 71.3 Å². The lowest BCUT2D eigenvalue weighted by molar-refractivity contribution is -0.116. The van der Waals surface area contributed by atoms with Crippen molar-refractivity contribution in [3.8, 4) is 11.4 Å². The summed E-state index contributed by atoms with van der Waals surface area (Å²) in [6, 6.07) is 14.0. The molecule has 6 nitrogen and oxygen atoms in total. The summed E-state index contributed by atoms with van der Waals surface area (Å²) in [6.07, 6.45) is 4.52.